The summed E-state index contributed by atoms with van der Waals surface area (Å²) in [6.45, 7) is 2.87. The van der Waals surface area contributed by atoms with Crippen molar-refractivity contribution < 1.29 is 9.21 Å². The van der Waals surface area contributed by atoms with Gasteiger partial charge in [0.25, 0.3) is 0 Å². The Morgan fingerprint density at radius 2 is 2.00 bits per heavy atom. The van der Waals surface area contributed by atoms with Crippen molar-refractivity contribution >= 4 is 5.91 Å². The van der Waals surface area contributed by atoms with Gasteiger partial charge in [-0.05, 0) is 49.7 Å². The standard InChI is InChI=1S/C17H24N2O2/c1-9-6-11(9)15-4-5-16(21-15)12-7-13(12)17(20)19-8-14(18)10-2-3-10/h4-5,9-14H,2-3,6-8,18H2,1H3,(H,19,20). The van der Waals surface area contributed by atoms with E-state index in [1.165, 1.54) is 19.3 Å². The van der Waals surface area contributed by atoms with Crippen LogP contribution in [0, 0.1) is 17.8 Å². The fourth-order valence-electron chi connectivity index (χ4n) is 3.33. The number of rotatable bonds is 6. The monoisotopic (exact) mass is 288 g/mol. The van der Waals surface area contributed by atoms with Gasteiger partial charge in [-0.1, -0.05) is 6.92 Å². The van der Waals surface area contributed by atoms with Crippen molar-refractivity contribution in [1.29, 1.82) is 0 Å². The predicted molar refractivity (Wildman–Crippen MR) is 79.8 cm³/mol. The van der Waals surface area contributed by atoms with E-state index in [2.05, 4.69) is 24.4 Å². The molecule has 5 unspecified atom stereocenters. The van der Waals surface area contributed by atoms with E-state index < -0.39 is 0 Å². The van der Waals surface area contributed by atoms with Gasteiger partial charge < -0.3 is 15.5 Å². The zero-order valence-electron chi connectivity index (χ0n) is 12.5. The summed E-state index contributed by atoms with van der Waals surface area (Å²) in [6, 6.07) is 4.30. The lowest BCUT2D eigenvalue weighted by atomic mass is 10.2. The summed E-state index contributed by atoms with van der Waals surface area (Å²) in [5.74, 6) is 4.63. The Morgan fingerprint density at radius 1 is 1.33 bits per heavy atom. The van der Waals surface area contributed by atoms with Crippen molar-refractivity contribution in [2.75, 3.05) is 6.54 Å². The van der Waals surface area contributed by atoms with Crippen LogP contribution in [0.3, 0.4) is 0 Å². The zero-order chi connectivity index (χ0) is 14.6. The molecule has 3 aliphatic carbocycles. The van der Waals surface area contributed by atoms with E-state index in [4.69, 9.17) is 10.2 Å². The molecule has 3 fully saturated rings. The minimum Gasteiger partial charge on any atom is -0.465 e. The van der Waals surface area contributed by atoms with Gasteiger partial charge in [0.2, 0.25) is 5.91 Å². The molecule has 4 nitrogen and oxygen atoms in total. The third-order valence-corrected chi connectivity index (χ3v) is 5.35. The van der Waals surface area contributed by atoms with Crippen molar-refractivity contribution in [3.8, 4) is 0 Å². The number of carbonyl (C=O) groups is 1. The number of carbonyl (C=O) groups excluding carboxylic acids is 1. The second-order valence-corrected chi connectivity index (χ2v) is 7.25. The van der Waals surface area contributed by atoms with Crippen LogP contribution in [-0.4, -0.2) is 18.5 Å². The molecule has 0 saturated heterocycles. The third kappa shape index (κ3) is 2.73. The number of furan rings is 1. The molecule has 3 aliphatic rings. The third-order valence-electron chi connectivity index (χ3n) is 5.35. The van der Waals surface area contributed by atoms with E-state index >= 15 is 0 Å². The Hall–Kier alpha value is -1.29. The lowest BCUT2D eigenvalue weighted by Crippen LogP contribution is -2.39. The Bertz CT molecular complexity index is 549. The van der Waals surface area contributed by atoms with E-state index in [0.717, 1.165) is 23.9 Å². The van der Waals surface area contributed by atoms with Crippen molar-refractivity contribution in [2.45, 2.75) is 50.5 Å². The first-order valence-corrected chi connectivity index (χ1v) is 8.26. The Labute approximate surface area is 125 Å². The van der Waals surface area contributed by atoms with Crippen molar-refractivity contribution in [1.82, 2.24) is 5.32 Å². The molecule has 0 aliphatic heterocycles. The summed E-state index contributed by atoms with van der Waals surface area (Å²) in [4.78, 5) is 12.1. The van der Waals surface area contributed by atoms with Gasteiger partial charge in [-0.15, -0.1) is 0 Å². The molecule has 1 aromatic heterocycles. The van der Waals surface area contributed by atoms with E-state index in [1.54, 1.807) is 0 Å². The smallest absolute Gasteiger partial charge is 0.223 e. The second kappa shape index (κ2) is 4.87. The Balaban J connectivity index is 1.28. The van der Waals surface area contributed by atoms with Crippen LogP contribution in [0.15, 0.2) is 16.5 Å². The minimum atomic E-state index is 0.0898. The highest BCUT2D eigenvalue weighted by atomic mass is 16.3. The van der Waals surface area contributed by atoms with Crippen LogP contribution in [0.5, 0.6) is 0 Å². The first-order chi connectivity index (χ1) is 10.1. The molecule has 0 bridgehead atoms. The lowest BCUT2D eigenvalue weighted by Gasteiger charge is -2.11. The van der Waals surface area contributed by atoms with Crippen molar-refractivity contribution in [3.05, 3.63) is 23.7 Å². The summed E-state index contributed by atoms with van der Waals surface area (Å²) in [5.41, 5.74) is 6.02. The van der Waals surface area contributed by atoms with Gasteiger partial charge in [-0.3, -0.25) is 4.79 Å². The lowest BCUT2D eigenvalue weighted by molar-refractivity contribution is -0.122. The zero-order valence-corrected chi connectivity index (χ0v) is 12.5. The number of nitrogens with one attached hydrogen (secondary N) is 1. The van der Waals surface area contributed by atoms with Crippen LogP contribution in [0.1, 0.15) is 56.0 Å². The molecule has 1 amide bonds. The molecule has 0 aromatic carbocycles. The topological polar surface area (TPSA) is 68.3 Å². The quantitative estimate of drug-likeness (QED) is 0.844. The van der Waals surface area contributed by atoms with Gasteiger partial charge in [-0.2, -0.15) is 0 Å². The van der Waals surface area contributed by atoms with E-state index in [0.29, 0.717) is 18.4 Å². The van der Waals surface area contributed by atoms with E-state index in [1.807, 2.05) is 0 Å². The van der Waals surface area contributed by atoms with Gasteiger partial charge in [0, 0.05) is 30.3 Å². The van der Waals surface area contributed by atoms with Gasteiger partial charge in [0.15, 0.2) is 0 Å². The number of hydrogen-bond acceptors (Lipinski definition) is 3. The van der Waals surface area contributed by atoms with E-state index in [-0.39, 0.29) is 23.8 Å². The van der Waals surface area contributed by atoms with Gasteiger partial charge in [0.1, 0.15) is 11.5 Å². The average Bonchev–Trinajstić information content (AvgIpc) is 3.34. The van der Waals surface area contributed by atoms with Crippen LogP contribution in [-0.2, 0) is 4.79 Å². The molecular formula is C17H24N2O2. The summed E-state index contributed by atoms with van der Waals surface area (Å²) in [6.07, 6.45) is 4.59. The SMILES string of the molecule is CC1CC1c1ccc(C2CC2C(=O)NCC(N)C2CC2)o1. The molecule has 21 heavy (non-hydrogen) atoms. The molecule has 0 radical (unpaired) electrons. The number of nitrogens with two attached hydrogens (primary N) is 1. The molecular weight excluding hydrogens is 264 g/mol. The summed E-state index contributed by atoms with van der Waals surface area (Å²) < 4.78 is 5.95. The van der Waals surface area contributed by atoms with E-state index in [9.17, 15) is 4.79 Å². The molecule has 114 valence electrons. The molecule has 3 N–H and O–H groups in total. The van der Waals surface area contributed by atoms with Gasteiger partial charge in [-0.25, -0.2) is 0 Å². The van der Waals surface area contributed by atoms with Crippen LogP contribution < -0.4 is 11.1 Å². The van der Waals surface area contributed by atoms with Gasteiger partial charge >= 0.3 is 0 Å². The highest BCUT2D eigenvalue weighted by Gasteiger charge is 2.47. The summed E-state index contributed by atoms with van der Waals surface area (Å²) >= 11 is 0. The summed E-state index contributed by atoms with van der Waals surface area (Å²) in [7, 11) is 0. The highest BCUT2D eigenvalue weighted by molar-refractivity contribution is 5.82. The first kappa shape index (κ1) is 13.4. The molecule has 1 aromatic rings. The molecule has 1 heterocycles. The molecule has 4 rings (SSSR count). The predicted octanol–water partition coefficient (Wildman–Crippen LogP) is 2.36. The van der Waals surface area contributed by atoms with Crippen LogP contribution >= 0.6 is 0 Å². The average molecular weight is 288 g/mol. The van der Waals surface area contributed by atoms with Crippen LogP contribution in [0.4, 0.5) is 0 Å². The van der Waals surface area contributed by atoms with Crippen LogP contribution in [0.25, 0.3) is 0 Å². The maximum Gasteiger partial charge on any atom is 0.223 e. The summed E-state index contributed by atoms with van der Waals surface area (Å²) in [5, 5.41) is 3.01. The van der Waals surface area contributed by atoms with Crippen molar-refractivity contribution in [2.24, 2.45) is 23.5 Å². The Kier molecular flexibility index (Phi) is 3.10. The normalized spacial score (nSPS) is 35.3. The van der Waals surface area contributed by atoms with Crippen molar-refractivity contribution in [3.63, 3.8) is 0 Å². The Morgan fingerprint density at radius 3 is 2.62 bits per heavy atom. The fraction of sp³-hybridized carbons (Fsp3) is 0.706. The first-order valence-electron chi connectivity index (χ1n) is 8.26. The number of amides is 1. The van der Waals surface area contributed by atoms with Crippen LogP contribution in [0.2, 0.25) is 0 Å². The second-order valence-electron chi connectivity index (χ2n) is 7.25. The fourth-order valence-corrected chi connectivity index (χ4v) is 3.33. The molecule has 4 heteroatoms. The number of hydrogen-bond donors (Lipinski definition) is 2. The molecule has 5 atom stereocenters. The maximum atomic E-state index is 12.1. The molecule has 0 spiro atoms. The molecule has 3 saturated carbocycles. The highest BCUT2D eigenvalue weighted by Crippen LogP contribution is 2.52. The minimum absolute atomic E-state index is 0.0898. The largest absolute Gasteiger partial charge is 0.465 e. The van der Waals surface area contributed by atoms with Gasteiger partial charge in [0.05, 0.1) is 0 Å². The maximum absolute atomic E-state index is 12.1.